The first-order chi connectivity index (χ1) is 26.6. The van der Waals surface area contributed by atoms with Gasteiger partial charge in [-0.1, -0.05) is 60.7 Å². The Labute approximate surface area is 314 Å². The van der Waals surface area contributed by atoms with Crippen molar-refractivity contribution in [2.75, 3.05) is 0 Å². The van der Waals surface area contributed by atoms with Crippen LogP contribution in [0.15, 0.2) is 171 Å². The van der Waals surface area contributed by atoms with Gasteiger partial charge in [0.25, 0.3) is 0 Å². The lowest BCUT2D eigenvalue weighted by atomic mass is 10.1. The van der Waals surface area contributed by atoms with E-state index >= 15 is 0 Å². The number of imidazole rings is 2. The Kier molecular flexibility index (Phi) is 11.8. The molecule has 4 aromatic heterocycles. The molecule has 8 heteroatoms. The molecule has 268 valence electrons. The van der Waals surface area contributed by atoms with E-state index in [4.69, 9.17) is 0 Å². The van der Waals surface area contributed by atoms with E-state index in [9.17, 15) is 8.78 Å². The van der Waals surface area contributed by atoms with Gasteiger partial charge in [0.05, 0.1) is 35.4 Å². The van der Waals surface area contributed by atoms with Crippen molar-refractivity contribution in [2.24, 2.45) is 0 Å². The van der Waals surface area contributed by atoms with E-state index < -0.39 is 0 Å². The van der Waals surface area contributed by atoms with Gasteiger partial charge in [-0.25, -0.2) is 18.7 Å². The zero-order valence-corrected chi connectivity index (χ0v) is 29.8. The number of hydrogen-bond donors (Lipinski definition) is 0. The Morgan fingerprint density at radius 1 is 0.407 bits per heavy atom. The lowest BCUT2D eigenvalue weighted by Gasteiger charge is -2.11. The second-order valence-electron chi connectivity index (χ2n) is 12.9. The van der Waals surface area contributed by atoms with E-state index in [0.29, 0.717) is 0 Å². The van der Waals surface area contributed by atoms with Gasteiger partial charge in [-0.05, 0) is 110 Å². The monoisotopic (exact) mass is 714 g/mol. The highest BCUT2D eigenvalue weighted by atomic mass is 19.1. The van der Waals surface area contributed by atoms with Gasteiger partial charge in [-0.15, -0.1) is 0 Å². The average Bonchev–Trinajstić information content (AvgIpc) is 3.85. The van der Waals surface area contributed by atoms with Gasteiger partial charge < -0.3 is 9.13 Å². The molecule has 4 aromatic carbocycles. The van der Waals surface area contributed by atoms with Crippen molar-refractivity contribution in [3.8, 4) is 45.0 Å². The van der Waals surface area contributed by atoms with Crippen LogP contribution in [0.5, 0.6) is 0 Å². The molecule has 0 N–H and O–H groups in total. The van der Waals surface area contributed by atoms with Gasteiger partial charge >= 0.3 is 0 Å². The first kappa shape index (κ1) is 35.8. The van der Waals surface area contributed by atoms with Crippen LogP contribution < -0.4 is 0 Å². The molecule has 0 amide bonds. The van der Waals surface area contributed by atoms with Gasteiger partial charge in [0, 0.05) is 60.1 Å². The van der Waals surface area contributed by atoms with Crippen LogP contribution in [0.3, 0.4) is 0 Å². The Morgan fingerprint density at radius 2 is 0.778 bits per heavy atom. The largest absolute Gasteiger partial charge is 0.330 e. The maximum Gasteiger partial charge on any atom is 0.123 e. The van der Waals surface area contributed by atoms with Crippen molar-refractivity contribution < 1.29 is 8.78 Å². The van der Waals surface area contributed by atoms with E-state index in [1.165, 1.54) is 35.4 Å². The first-order valence-electron chi connectivity index (χ1n) is 18.1. The van der Waals surface area contributed by atoms with E-state index in [0.717, 1.165) is 83.8 Å². The molecule has 4 heterocycles. The van der Waals surface area contributed by atoms with Crippen LogP contribution in [0.25, 0.3) is 45.0 Å². The fourth-order valence-electron chi connectivity index (χ4n) is 6.56. The minimum atomic E-state index is -0.244. The van der Waals surface area contributed by atoms with Crippen molar-refractivity contribution in [1.29, 1.82) is 0 Å². The summed E-state index contributed by atoms with van der Waals surface area (Å²) in [7, 11) is 0. The van der Waals surface area contributed by atoms with Crippen molar-refractivity contribution in [3.05, 3.63) is 194 Å². The van der Waals surface area contributed by atoms with Crippen LogP contribution in [-0.2, 0) is 25.9 Å². The summed E-state index contributed by atoms with van der Waals surface area (Å²) in [6, 6.07) is 41.9. The molecule has 0 radical (unpaired) electrons. The topological polar surface area (TPSA) is 61.4 Å². The summed E-state index contributed by atoms with van der Waals surface area (Å²) in [5.74, 6) is -0.481. The first-order valence-corrected chi connectivity index (χ1v) is 18.1. The Morgan fingerprint density at radius 3 is 1.22 bits per heavy atom. The molecule has 8 aromatic rings. The summed E-state index contributed by atoms with van der Waals surface area (Å²) in [6.45, 7) is 1.71. The Hall–Kier alpha value is -6.54. The van der Waals surface area contributed by atoms with Crippen LogP contribution in [0.2, 0.25) is 0 Å². The molecule has 0 spiro atoms. The summed E-state index contributed by atoms with van der Waals surface area (Å²) in [6.07, 6.45) is 14.9. The van der Waals surface area contributed by atoms with Gasteiger partial charge in [-0.3, -0.25) is 9.97 Å². The second-order valence-corrected chi connectivity index (χ2v) is 12.9. The molecule has 0 aliphatic heterocycles. The highest BCUT2D eigenvalue weighted by Gasteiger charge is 2.16. The van der Waals surface area contributed by atoms with Gasteiger partial charge in [-0.2, -0.15) is 0 Å². The highest BCUT2D eigenvalue weighted by molar-refractivity contribution is 5.79. The highest BCUT2D eigenvalue weighted by Crippen LogP contribution is 2.33. The van der Waals surface area contributed by atoms with Crippen LogP contribution in [-0.4, -0.2) is 29.1 Å². The number of nitrogens with zero attached hydrogens (tertiary/aromatic N) is 6. The molecule has 0 aliphatic rings. The van der Waals surface area contributed by atoms with E-state index in [1.807, 2.05) is 61.2 Å². The molecular weight excluding hydrogens is 675 g/mol. The van der Waals surface area contributed by atoms with Crippen LogP contribution >= 0.6 is 0 Å². The Bertz CT molecular complexity index is 2320. The minimum absolute atomic E-state index is 0.237. The van der Waals surface area contributed by atoms with Crippen molar-refractivity contribution in [2.45, 2.75) is 38.8 Å². The van der Waals surface area contributed by atoms with Crippen LogP contribution in [0.1, 0.15) is 24.0 Å². The van der Waals surface area contributed by atoms with E-state index in [1.54, 1.807) is 36.9 Å². The average molecular weight is 715 g/mol. The molecule has 0 saturated carbocycles. The predicted molar refractivity (Wildman–Crippen MR) is 211 cm³/mol. The number of benzene rings is 4. The second kappa shape index (κ2) is 17.8. The molecule has 6 nitrogen and oxygen atoms in total. The third kappa shape index (κ3) is 9.08. The summed E-state index contributed by atoms with van der Waals surface area (Å²) in [5.41, 5.74) is 10.4. The van der Waals surface area contributed by atoms with Crippen molar-refractivity contribution in [3.63, 3.8) is 0 Å². The maximum absolute atomic E-state index is 13.4. The third-order valence-electron chi connectivity index (χ3n) is 9.23. The van der Waals surface area contributed by atoms with Gasteiger partial charge in [0.1, 0.15) is 11.6 Å². The number of hydrogen-bond acceptors (Lipinski definition) is 4. The maximum atomic E-state index is 13.4. The smallest absolute Gasteiger partial charge is 0.123 e. The lowest BCUT2D eigenvalue weighted by molar-refractivity contribution is 0.627. The van der Waals surface area contributed by atoms with E-state index in [-0.39, 0.29) is 11.6 Å². The molecule has 0 bridgehead atoms. The standard InChI is InChI=1S/2C23H20FN3/c24-21-10-8-20(9-11-21)23-22(19-12-14-25-15-13-19)26-17-27(23)16-4-7-18-5-2-1-3-6-18;24-21-10-8-19(9-11-21)22-23(20-12-14-25-15-13-20)27(17-26-22)16-4-7-18-5-2-1-3-6-18/h2*1-3,5-6,8-15,17H,4,7,16H2. The fourth-order valence-corrected chi connectivity index (χ4v) is 6.56. The normalized spacial score (nSPS) is 10.9. The minimum Gasteiger partial charge on any atom is -0.330 e. The third-order valence-corrected chi connectivity index (χ3v) is 9.23. The lowest BCUT2D eigenvalue weighted by Crippen LogP contribution is -2.01. The Balaban J connectivity index is 0.000000167. The zero-order valence-electron chi connectivity index (χ0n) is 29.8. The van der Waals surface area contributed by atoms with Crippen molar-refractivity contribution >= 4 is 0 Å². The molecule has 0 saturated heterocycles. The number of halogens is 2. The number of aromatic nitrogens is 6. The predicted octanol–water partition coefficient (Wildman–Crippen LogP) is 10.8. The molecule has 54 heavy (non-hydrogen) atoms. The number of aryl methyl sites for hydroxylation is 4. The van der Waals surface area contributed by atoms with Crippen LogP contribution in [0, 0.1) is 11.6 Å². The number of pyridine rings is 2. The summed E-state index contributed by atoms with van der Waals surface area (Å²) in [5, 5.41) is 0. The molecule has 0 atom stereocenters. The van der Waals surface area contributed by atoms with E-state index in [2.05, 4.69) is 77.6 Å². The molecule has 0 fully saturated rings. The number of rotatable bonds is 12. The van der Waals surface area contributed by atoms with Crippen molar-refractivity contribution in [1.82, 2.24) is 29.1 Å². The zero-order chi connectivity index (χ0) is 37.0. The molecule has 8 rings (SSSR count). The fraction of sp³-hybridized carbons (Fsp3) is 0.130. The summed E-state index contributed by atoms with van der Waals surface area (Å²) >= 11 is 0. The van der Waals surface area contributed by atoms with Gasteiger partial charge in [0.2, 0.25) is 0 Å². The quantitative estimate of drug-likeness (QED) is 0.126. The SMILES string of the molecule is Fc1ccc(-c2c(-c3ccncc3)ncn2CCCc2ccccc2)cc1.Fc1ccc(-c2ncn(CCCc3ccccc3)c2-c2ccncc2)cc1. The summed E-state index contributed by atoms with van der Waals surface area (Å²) in [4.78, 5) is 17.5. The van der Waals surface area contributed by atoms with Gasteiger partial charge in [0.15, 0.2) is 0 Å². The molecule has 0 unspecified atom stereocenters. The summed E-state index contributed by atoms with van der Waals surface area (Å²) < 4.78 is 31.1. The van der Waals surface area contributed by atoms with Crippen LogP contribution in [0.4, 0.5) is 8.78 Å². The molecule has 0 aliphatic carbocycles. The molecular formula is C46H40F2N6.